The van der Waals surface area contributed by atoms with Crippen molar-refractivity contribution in [1.29, 1.82) is 0 Å². The molecule has 0 aromatic heterocycles. The van der Waals surface area contributed by atoms with Gasteiger partial charge >= 0.3 is 6.16 Å². The van der Waals surface area contributed by atoms with Crippen LogP contribution in [0.5, 0.6) is 11.5 Å². The highest BCUT2D eigenvalue weighted by Crippen LogP contribution is 2.50. The van der Waals surface area contributed by atoms with Crippen LogP contribution in [0, 0.1) is 5.41 Å². The van der Waals surface area contributed by atoms with Crippen LogP contribution < -0.4 is 9.47 Å². The van der Waals surface area contributed by atoms with Gasteiger partial charge in [0.15, 0.2) is 11.5 Å². The second-order valence-electron chi connectivity index (χ2n) is 8.83. The number of nitrogens with zero attached hydrogens (tertiary/aromatic N) is 1. The largest absolute Gasteiger partial charge is 0.527 e. The fraction of sp³-hybridized carbons (Fsp3) is 0.682. The summed E-state index contributed by atoms with van der Waals surface area (Å²) in [6, 6.07) is 5.92. The van der Waals surface area contributed by atoms with Gasteiger partial charge in [-0.3, -0.25) is 0 Å². The maximum atomic E-state index is 11.6. The van der Waals surface area contributed by atoms with E-state index in [9.17, 15) is 9.90 Å². The van der Waals surface area contributed by atoms with Crippen molar-refractivity contribution in [2.75, 3.05) is 27.3 Å². The standard InChI is InChI=1S/C22H33NO6/c1-21(2,25)22(3)14-23(29-20(24)27-5)13-17(22)15-10-11-18(26-4)19(12-15)28-16-8-6-7-9-16/h10-12,16-17,25H,6-9,13-14H2,1-5H3. The second-order valence-corrected chi connectivity index (χ2v) is 8.83. The zero-order chi connectivity index (χ0) is 21.2. The molecular formula is C22H33NO6. The van der Waals surface area contributed by atoms with E-state index in [0.717, 1.165) is 24.2 Å². The van der Waals surface area contributed by atoms with Gasteiger partial charge in [0.05, 0.1) is 25.9 Å². The summed E-state index contributed by atoms with van der Waals surface area (Å²) >= 11 is 0. The number of ether oxygens (including phenoxy) is 3. The van der Waals surface area contributed by atoms with Crippen LogP contribution in [0.3, 0.4) is 0 Å². The topological polar surface area (TPSA) is 77.5 Å². The highest BCUT2D eigenvalue weighted by molar-refractivity contribution is 5.59. The number of carbonyl (C=O) groups is 1. The molecule has 1 aliphatic heterocycles. The minimum atomic E-state index is -1.00. The third-order valence-electron chi connectivity index (χ3n) is 6.61. The van der Waals surface area contributed by atoms with Crippen molar-refractivity contribution in [3.8, 4) is 11.5 Å². The maximum absolute atomic E-state index is 11.6. The first-order valence-corrected chi connectivity index (χ1v) is 10.3. The molecule has 29 heavy (non-hydrogen) atoms. The number of benzene rings is 1. The van der Waals surface area contributed by atoms with E-state index < -0.39 is 17.2 Å². The zero-order valence-electron chi connectivity index (χ0n) is 18.1. The fourth-order valence-electron chi connectivity index (χ4n) is 4.44. The predicted octanol–water partition coefficient (Wildman–Crippen LogP) is 3.89. The maximum Gasteiger partial charge on any atom is 0.527 e. The van der Waals surface area contributed by atoms with Gasteiger partial charge in [0.25, 0.3) is 0 Å². The summed E-state index contributed by atoms with van der Waals surface area (Å²) in [4.78, 5) is 16.9. The molecule has 0 radical (unpaired) electrons. The van der Waals surface area contributed by atoms with E-state index in [2.05, 4.69) is 4.74 Å². The Kier molecular flexibility index (Phi) is 6.29. The van der Waals surface area contributed by atoms with Crippen LogP contribution in [-0.2, 0) is 9.57 Å². The molecule has 1 aromatic carbocycles. The number of methoxy groups -OCH3 is 2. The number of hydrogen-bond acceptors (Lipinski definition) is 7. The van der Waals surface area contributed by atoms with Crippen LogP contribution in [0.4, 0.5) is 4.79 Å². The molecule has 0 amide bonds. The SMILES string of the molecule is COC(=O)ON1CC(c2ccc(OC)c(OC3CCCC3)c2)C(C)(C(C)(C)O)C1. The highest BCUT2D eigenvalue weighted by Gasteiger charge is 2.53. The minimum Gasteiger partial charge on any atom is -0.493 e. The average Bonchev–Trinajstić information content (AvgIpc) is 3.29. The average molecular weight is 408 g/mol. The van der Waals surface area contributed by atoms with Gasteiger partial charge in [-0.2, -0.15) is 0 Å². The first-order chi connectivity index (χ1) is 13.7. The Morgan fingerprint density at radius 3 is 2.48 bits per heavy atom. The van der Waals surface area contributed by atoms with Crippen molar-refractivity contribution < 1.29 is 28.9 Å². The summed E-state index contributed by atoms with van der Waals surface area (Å²) in [5, 5.41) is 12.5. The van der Waals surface area contributed by atoms with Crippen LogP contribution in [0.1, 0.15) is 57.9 Å². The van der Waals surface area contributed by atoms with Gasteiger partial charge in [0.2, 0.25) is 0 Å². The molecule has 0 bridgehead atoms. The monoisotopic (exact) mass is 407 g/mol. The highest BCUT2D eigenvalue weighted by atomic mass is 16.8. The van der Waals surface area contributed by atoms with Crippen molar-refractivity contribution in [1.82, 2.24) is 5.06 Å². The molecule has 162 valence electrons. The van der Waals surface area contributed by atoms with Crippen LogP contribution in [0.15, 0.2) is 18.2 Å². The molecule has 7 heteroatoms. The second kappa shape index (κ2) is 8.40. The summed E-state index contributed by atoms with van der Waals surface area (Å²) in [6.07, 6.45) is 3.93. The zero-order valence-corrected chi connectivity index (χ0v) is 18.1. The lowest BCUT2D eigenvalue weighted by atomic mass is 9.66. The lowest BCUT2D eigenvalue weighted by molar-refractivity contribution is -0.127. The molecule has 7 nitrogen and oxygen atoms in total. The summed E-state index contributed by atoms with van der Waals surface area (Å²) in [6.45, 7) is 6.44. The molecule has 1 saturated carbocycles. The molecule has 1 saturated heterocycles. The van der Waals surface area contributed by atoms with Gasteiger partial charge in [-0.05, 0) is 57.2 Å². The summed E-state index contributed by atoms with van der Waals surface area (Å²) in [7, 11) is 2.92. The number of carbonyl (C=O) groups excluding carboxylic acids is 1. The molecular weight excluding hydrogens is 374 g/mol. The molecule has 2 unspecified atom stereocenters. The van der Waals surface area contributed by atoms with Crippen molar-refractivity contribution in [3.63, 3.8) is 0 Å². The van der Waals surface area contributed by atoms with Crippen LogP contribution in [-0.4, -0.2) is 55.3 Å². The Bertz CT molecular complexity index is 725. The summed E-state index contributed by atoms with van der Waals surface area (Å²) < 4.78 is 16.4. The van der Waals surface area contributed by atoms with E-state index in [1.807, 2.05) is 25.1 Å². The van der Waals surface area contributed by atoms with E-state index in [-0.39, 0.29) is 12.0 Å². The van der Waals surface area contributed by atoms with Gasteiger partial charge in [-0.1, -0.05) is 13.0 Å². The Morgan fingerprint density at radius 2 is 1.90 bits per heavy atom. The number of aliphatic hydroxyl groups is 1. The van der Waals surface area contributed by atoms with E-state index in [1.165, 1.54) is 20.0 Å². The van der Waals surface area contributed by atoms with Crippen molar-refractivity contribution in [2.45, 2.75) is 64.1 Å². The Labute approximate surface area is 172 Å². The van der Waals surface area contributed by atoms with Crippen molar-refractivity contribution >= 4 is 6.16 Å². The first-order valence-electron chi connectivity index (χ1n) is 10.3. The Hall–Kier alpha value is -1.99. The van der Waals surface area contributed by atoms with Gasteiger partial charge in [0, 0.05) is 24.4 Å². The molecule has 2 atom stereocenters. The lowest BCUT2D eigenvalue weighted by Gasteiger charge is -2.41. The molecule has 1 heterocycles. The van der Waals surface area contributed by atoms with E-state index >= 15 is 0 Å². The molecule has 0 spiro atoms. The number of hydroxylamine groups is 2. The molecule has 3 rings (SSSR count). The molecule has 1 N–H and O–H groups in total. The van der Waals surface area contributed by atoms with Gasteiger partial charge < -0.3 is 24.2 Å². The van der Waals surface area contributed by atoms with Gasteiger partial charge in [0.1, 0.15) is 0 Å². The van der Waals surface area contributed by atoms with Crippen LogP contribution in [0.2, 0.25) is 0 Å². The smallest absolute Gasteiger partial charge is 0.493 e. The Morgan fingerprint density at radius 1 is 1.21 bits per heavy atom. The normalized spacial score (nSPS) is 25.8. The molecule has 2 fully saturated rings. The summed E-state index contributed by atoms with van der Waals surface area (Å²) in [5.74, 6) is 1.34. The van der Waals surface area contributed by atoms with E-state index in [0.29, 0.717) is 18.8 Å². The van der Waals surface area contributed by atoms with Gasteiger partial charge in [-0.25, -0.2) is 4.79 Å². The molecule has 2 aliphatic rings. The van der Waals surface area contributed by atoms with Crippen molar-refractivity contribution in [2.24, 2.45) is 5.41 Å². The number of rotatable bonds is 6. The van der Waals surface area contributed by atoms with Crippen LogP contribution in [0.25, 0.3) is 0 Å². The van der Waals surface area contributed by atoms with Crippen molar-refractivity contribution in [3.05, 3.63) is 23.8 Å². The quantitative estimate of drug-likeness (QED) is 0.717. The Balaban J connectivity index is 1.91. The first kappa shape index (κ1) is 21.7. The molecule has 1 aromatic rings. The third-order valence-corrected chi connectivity index (χ3v) is 6.61. The van der Waals surface area contributed by atoms with E-state index in [4.69, 9.17) is 14.3 Å². The summed E-state index contributed by atoms with van der Waals surface area (Å²) in [5.41, 5.74) is -0.544. The number of hydrogen-bond donors (Lipinski definition) is 1. The fourth-order valence-corrected chi connectivity index (χ4v) is 4.44. The third kappa shape index (κ3) is 4.46. The van der Waals surface area contributed by atoms with Gasteiger partial charge in [-0.15, -0.1) is 5.06 Å². The predicted molar refractivity (Wildman–Crippen MR) is 108 cm³/mol. The van der Waals surface area contributed by atoms with E-state index in [1.54, 1.807) is 26.0 Å². The lowest BCUT2D eigenvalue weighted by Crippen LogP contribution is -2.46. The minimum absolute atomic E-state index is 0.0796. The molecule has 1 aliphatic carbocycles. The van der Waals surface area contributed by atoms with Crippen LogP contribution >= 0.6 is 0 Å².